The van der Waals surface area contributed by atoms with E-state index in [1.54, 1.807) is 0 Å². The molecule has 8 nitrogen and oxygen atoms in total. The molecule has 1 N–H and O–H groups in total. The lowest BCUT2D eigenvalue weighted by Gasteiger charge is -2.36. The first-order chi connectivity index (χ1) is 12.2. The summed E-state index contributed by atoms with van der Waals surface area (Å²) in [4.78, 5) is 52.4. The van der Waals surface area contributed by atoms with Crippen LogP contribution in [0.3, 0.4) is 0 Å². The molecule has 0 saturated carbocycles. The van der Waals surface area contributed by atoms with Crippen LogP contribution in [0.1, 0.15) is 18.7 Å². The topological polar surface area (TPSA) is 113 Å². The highest BCUT2D eigenvalue weighted by Crippen LogP contribution is 2.53. The van der Waals surface area contributed by atoms with Crippen molar-refractivity contribution < 1.29 is 14.5 Å². The summed E-state index contributed by atoms with van der Waals surface area (Å²) >= 11 is 2.27. The van der Waals surface area contributed by atoms with E-state index >= 15 is 0 Å². The van der Waals surface area contributed by atoms with Crippen LogP contribution < -0.4 is 9.77 Å². The summed E-state index contributed by atoms with van der Waals surface area (Å²) in [5, 5.41) is 10.8. The number of nitrogens with one attached hydrogen (secondary N) is 1. The smallest absolute Gasteiger partial charge is 0.305 e. The van der Waals surface area contributed by atoms with E-state index in [0.29, 0.717) is 10.7 Å². The van der Waals surface area contributed by atoms with Crippen molar-refractivity contribution >= 4 is 46.3 Å². The van der Waals surface area contributed by atoms with E-state index in [2.05, 4.69) is 4.98 Å². The van der Waals surface area contributed by atoms with Crippen LogP contribution in [0.15, 0.2) is 34.1 Å². The van der Waals surface area contributed by atoms with Gasteiger partial charge in [-0.2, -0.15) is 0 Å². The Kier molecular flexibility index (Phi) is 3.60. The van der Waals surface area contributed by atoms with Crippen LogP contribution in [0.5, 0.6) is 0 Å². The van der Waals surface area contributed by atoms with E-state index in [1.807, 2.05) is 13.8 Å². The second kappa shape index (κ2) is 5.52. The number of hydrogen-bond acceptors (Lipinski definition) is 7. The quantitative estimate of drug-likeness (QED) is 0.477. The number of benzene rings is 1. The van der Waals surface area contributed by atoms with Gasteiger partial charge in [0.1, 0.15) is 5.25 Å². The van der Waals surface area contributed by atoms with Gasteiger partial charge < -0.3 is 4.98 Å². The largest absolute Gasteiger partial charge is 0.307 e. The van der Waals surface area contributed by atoms with E-state index in [4.69, 9.17) is 0 Å². The number of imide groups is 1. The maximum absolute atomic E-state index is 13.1. The number of H-pyrrole nitrogens is 1. The molecule has 0 bridgehead atoms. The Labute approximate surface area is 155 Å². The first-order valence-corrected chi connectivity index (χ1v) is 9.44. The number of rotatable bonds is 2. The van der Waals surface area contributed by atoms with Crippen molar-refractivity contribution in [2.24, 2.45) is 5.92 Å². The van der Waals surface area contributed by atoms with Gasteiger partial charge in [-0.1, -0.05) is 36.9 Å². The summed E-state index contributed by atoms with van der Waals surface area (Å²) in [6.45, 7) is 3.72. The molecule has 134 valence electrons. The van der Waals surface area contributed by atoms with Crippen molar-refractivity contribution in [1.82, 2.24) is 4.98 Å². The second-order valence-electron chi connectivity index (χ2n) is 6.70. The highest BCUT2D eigenvalue weighted by Gasteiger charge is 2.59. The van der Waals surface area contributed by atoms with Gasteiger partial charge in [0.05, 0.1) is 21.6 Å². The lowest BCUT2D eigenvalue weighted by molar-refractivity contribution is -0.384. The van der Waals surface area contributed by atoms with Gasteiger partial charge in [0, 0.05) is 22.4 Å². The highest BCUT2D eigenvalue weighted by atomic mass is 32.2. The molecule has 0 aliphatic carbocycles. The summed E-state index contributed by atoms with van der Waals surface area (Å²) < 4.78 is 0. The van der Waals surface area contributed by atoms with E-state index in [9.17, 15) is 24.5 Å². The molecule has 1 saturated heterocycles. The maximum atomic E-state index is 13.1. The standard InChI is InChI=1S/C16H13N3O5S2/c1-16(2)9-10(25-12-11(16)26-15(22)17-12)14(21)18(13(9)20)7-3-5-8(6-4-7)19(23)24/h3-6,9-10H,1-2H3,(H,17,22)/t9-,10+/m1/s1. The number of nitrogens with zero attached hydrogens (tertiary/aromatic N) is 2. The zero-order chi connectivity index (χ0) is 18.8. The zero-order valence-electron chi connectivity index (χ0n) is 13.7. The molecule has 0 unspecified atom stereocenters. The van der Waals surface area contributed by atoms with E-state index in [1.165, 1.54) is 36.0 Å². The molecule has 3 heterocycles. The molecular formula is C16H13N3O5S2. The number of aromatic nitrogens is 1. The molecule has 4 rings (SSSR count). The zero-order valence-corrected chi connectivity index (χ0v) is 15.3. The number of non-ortho nitro benzene ring substituents is 1. The average Bonchev–Trinajstić information content (AvgIpc) is 3.07. The van der Waals surface area contributed by atoms with E-state index in [0.717, 1.165) is 21.1 Å². The van der Waals surface area contributed by atoms with Crippen LogP contribution in [-0.2, 0) is 15.0 Å². The Morgan fingerprint density at radius 3 is 2.42 bits per heavy atom. The number of nitro benzene ring substituents is 1. The summed E-state index contributed by atoms with van der Waals surface area (Å²) in [6.07, 6.45) is 0. The maximum Gasteiger partial charge on any atom is 0.305 e. The number of thioether (sulfide) groups is 1. The van der Waals surface area contributed by atoms with E-state index in [-0.39, 0.29) is 22.4 Å². The Hall–Kier alpha value is -2.46. The van der Waals surface area contributed by atoms with Crippen molar-refractivity contribution in [2.45, 2.75) is 29.5 Å². The molecule has 2 aliphatic rings. The van der Waals surface area contributed by atoms with Crippen LogP contribution in [0, 0.1) is 16.0 Å². The minimum Gasteiger partial charge on any atom is -0.307 e. The fraction of sp³-hybridized carbons (Fsp3) is 0.312. The molecule has 1 aromatic carbocycles. The number of fused-ring (bicyclic) bond motifs is 2. The van der Waals surface area contributed by atoms with Gasteiger partial charge in [-0.15, -0.1) is 0 Å². The molecule has 0 spiro atoms. The summed E-state index contributed by atoms with van der Waals surface area (Å²) in [7, 11) is 0. The molecule has 1 fully saturated rings. The van der Waals surface area contributed by atoms with E-state index < -0.39 is 21.5 Å². The van der Waals surface area contributed by atoms with Crippen LogP contribution in [0.2, 0.25) is 0 Å². The molecule has 2 aliphatic heterocycles. The van der Waals surface area contributed by atoms with Crippen LogP contribution in [0.25, 0.3) is 0 Å². The number of carbonyl (C=O) groups is 2. The van der Waals surface area contributed by atoms with Gasteiger partial charge in [-0.05, 0) is 12.1 Å². The molecule has 26 heavy (non-hydrogen) atoms. The number of carbonyl (C=O) groups excluding carboxylic acids is 2. The predicted molar refractivity (Wildman–Crippen MR) is 96.7 cm³/mol. The Bertz CT molecular complexity index is 1010. The van der Waals surface area contributed by atoms with Crippen molar-refractivity contribution in [3.63, 3.8) is 0 Å². The van der Waals surface area contributed by atoms with Crippen LogP contribution in [-0.4, -0.2) is 27.0 Å². The van der Waals surface area contributed by atoms with Crippen LogP contribution in [0.4, 0.5) is 11.4 Å². The van der Waals surface area contributed by atoms with Crippen LogP contribution >= 0.6 is 23.1 Å². The first kappa shape index (κ1) is 17.0. The van der Waals surface area contributed by atoms with Crippen molar-refractivity contribution in [3.8, 4) is 0 Å². The van der Waals surface area contributed by atoms with Crippen molar-refractivity contribution in [3.05, 3.63) is 48.9 Å². The minimum absolute atomic E-state index is 0.111. The van der Waals surface area contributed by atoms with Gasteiger partial charge >= 0.3 is 4.87 Å². The lowest BCUT2D eigenvalue weighted by Crippen LogP contribution is -2.41. The number of thiazole rings is 1. The fourth-order valence-electron chi connectivity index (χ4n) is 3.52. The fourth-order valence-corrected chi connectivity index (χ4v) is 6.30. The summed E-state index contributed by atoms with van der Waals surface area (Å²) in [6, 6.07) is 5.34. The lowest BCUT2D eigenvalue weighted by atomic mass is 9.76. The van der Waals surface area contributed by atoms with Gasteiger partial charge in [-0.3, -0.25) is 24.5 Å². The van der Waals surface area contributed by atoms with Gasteiger partial charge in [0.2, 0.25) is 11.8 Å². The average molecular weight is 391 g/mol. The number of anilines is 1. The molecule has 2 aromatic rings. The minimum atomic E-state index is -0.669. The normalized spacial score (nSPS) is 23.7. The van der Waals surface area contributed by atoms with Gasteiger partial charge in [0.15, 0.2) is 0 Å². The third kappa shape index (κ3) is 2.25. The molecule has 0 radical (unpaired) electrons. The third-order valence-electron chi connectivity index (χ3n) is 4.80. The third-order valence-corrected chi connectivity index (χ3v) is 7.42. The monoisotopic (exact) mass is 391 g/mol. The second-order valence-corrected chi connectivity index (χ2v) is 8.83. The van der Waals surface area contributed by atoms with Crippen molar-refractivity contribution in [2.75, 3.05) is 4.90 Å². The molecule has 1 aromatic heterocycles. The number of nitro groups is 1. The summed E-state index contributed by atoms with van der Waals surface area (Å²) in [5.74, 6) is -1.32. The predicted octanol–water partition coefficient (Wildman–Crippen LogP) is 2.29. The Morgan fingerprint density at radius 2 is 1.81 bits per heavy atom. The van der Waals surface area contributed by atoms with Gasteiger partial charge in [-0.25, -0.2) is 4.90 Å². The van der Waals surface area contributed by atoms with Crippen molar-refractivity contribution in [1.29, 1.82) is 0 Å². The SMILES string of the molecule is CC1(C)c2sc(=O)[nH]c2S[C@@H]2C(=O)N(c3ccc([N+](=O)[O-])cc3)C(=O)[C@@H]21. The number of amides is 2. The highest BCUT2D eigenvalue weighted by molar-refractivity contribution is 8.00. The first-order valence-electron chi connectivity index (χ1n) is 7.74. The molecule has 2 atom stereocenters. The Morgan fingerprint density at radius 1 is 1.15 bits per heavy atom. The molecule has 10 heteroatoms. The summed E-state index contributed by atoms with van der Waals surface area (Å²) in [5.41, 5.74) is -0.467. The Balaban J connectivity index is 1.76. The molecular weight excluding hydrogens is 378 g/mol. The number of hydrogen-bond donors (Lipinski definition) is 1. The molecule has 2 amide bonds. The number of aromatic amines is 1. The van der Waals surface area contributed by atoms with Gasteiger partial charge in [0.25, 0.3) is 5.69 Å².